The molecule has 6 heteroatoms. The van der Waals surface area contributed by atoms with Crippen molar-refractivity contribution in [3.8, 4) is 0 Å². The van der Waals surface area contributed by atoms with Gasteiger partial charge < -0.3 is 17.2 Å². The van der Waals surface area contributed by atoms with Gasteiger partial charge in [-0.2, -0.15) is 0 Å². The zero-order chi connectivity index (χ0) is 14.6. The van der Waals surface area contributed by atoms with Crippen LogP contribution in [-0.2, 0) is 21.7 Å². The molecule has 19 heavy (non-hydrogen) atoms. The van der Waals surface area contributed by atoms with E-state index in [4.69, 9.17) is 17.2 Å². The molecule has 0 radical (unpaired) electrons. The summed E-state index contributed by atoms with van der Waals surface area (Å²) in [4.78, 5) is 22.5. The minimum atomic E-state index is -0.901. The average Bonchev–Trinajstić information content (AvgIpc) is 2.37. The summed E-state index contributed by atoms with van der Waals surface area (Å²) in [6.07, 6.45) is 0.194. The van der Waals surface area contributed by atoms with Crippen LogP contribution in [0.4, 0.5) is 0 Å². The molecule has 0 spiro atoms. The number of Topliss-reactive ketones (excluding diaryl/α,β-unsaturated/α-hetero) is 1. The summed E-state index contributed by atoms with van der Waals surface area (Å²) in [5.74, 6) is -0.628. The molecule has 0 aliphatic rings. The summed E-state index contributed by atoms with van der Waals surface area (Å²) >= 11 is 0. The molecule has 0 fully saturated rings. The van der Waals surface area contributed by atoms with Crippen LogP contribution in [0.5, 0.6) is 0 Å². The Morgan fingerprint density at radius 2 is 2.05 bits per heavy atom. The summed E-state index contributed by atoms with van der Waals surface area (Å²) < 4.78 is 0. The van der Waals surface area contributed by atoms with Crippen LogP contribution < -0.4 is 17.2 Å². The number of hydrogen-bond acceptors (Lipinski definition) is 5. The molecule has 0 aliphatic carbocycles. The van der Waals surface area contributed by atoms with Crippen molar-refractivity contribution < 1.29 is 9.59 Å². The van der Waals surface area contributed by atoms with Crippen molar-refractivity contribution in [3.63, 3.8) is 0 Å². The minimum absolute atomic E-state index is 0.194. The number of carbonyl (C=O) groups excluding carboxylic acids is 2. The standard InChI is InChI=1S/C13H20N3O2P/c1-13(16,6-10(15)11(17)12(18)19)9-4-2-3-8(5-9)7-14/h2-5,10H,6-7,14-16,19H2,1H3/t10-,13?/m0/s1. The zero-order valence-electron chi connectivity index (χ0n) is 10.9. The van der Waals surface area contributed by atoms with Crippen LogP contribution in [0.15, 0.2) is 24.3 Å². The Kier molecular flexibility index (Phi) is 5.32. The SMILES string of the molecule is CC(N)(C[C@H](N)C(=O)C(=O)P)c1cccc(CN)c1. The molecule has 3 atom stereocenters. The number of benzene rings is 1. The first-order valence-corrected chi connectivity index (χ1v) is 6.53. The van der Waals surface area contributed by atoms with Crippen LogP contribution in [0.25, 0.3) is 0 Å². The second-order valence-corrected chi connectivity index (χ2v) is 5.39. The fraction of sp³-hybridized carbons (Fsp3) is 0.385. The van der Waals surface area contributed by atoms with Crippen molar-refractivity contribution in [3.05, 3.63) is 35.4 Å². The molecule has 0 heterocycles. The number of nitrogens with two attached hydrogens (primary N) is 3. The number of carbonyl (C=O) groups is 2. The molecule has 1 aromatic carbocycles. The first kappa shape index (κ1) is 15.9. The van der Waals surface area contributed by atoms with Gasteiger partial charge in [-0.05, 0) is 24.5 Å². The topological polar surface area (TPSA) is 112 Å². The predicted octanol–water partition coefficient (Wildman–Crippen LogP) is 0.00740. The van der Waals surface area contributed by atoms with E-state index in [0.717, 1.165) is 11.1 Å². The zero-order valence-corrected chi connectivity index (χ0v) is 12.1. The maximum Gasteiger partial charge on any atom is 0.218 e. The summed E-state index contributed by atoms with van der Waals surface area (Å²) in [5.41, 5.74) is 17.9. The Morgan fingerprint density at radius 1 is 1.42 bits per heavy atom. The lowest BCUT2D eigenvalue weighted by atomic mass is 9.85. The highest BCUT2D eigenvalue weighted by Gasteiger charge is 2.29. The minimum Gasteiger partial charge on any atom is -0.326 e. The quantitative estimate of drug-likeness (QED) is 0.502. The monoisotopic (exact) mass is 281 g/mol. The van der Waals surface area contributed by atoms with Gasteiger partial charge in [0.1, 0.15) is 0 Å². The van der Waals surface area contributed by atoms with Crippen LogP contribution in [0, 0.1) is 0 Å². The Balaban J connectivity index is 2.91. The summed E-state index contributed by atoms with van der Waals surface area (Å²) in [6.45, 7) is 2.20. The molecule has 1 aromatic rings. The van der Waals surface area contributed by atoms with E-state index in [1.165, 1.54) is 0 Å². The summed E-state index contributed by atoms with van der Waals surface area (Å²) in [6, 6.07) is 6.60. The van der Waals surface area contributed by atoms with Crippen LogP contribution in [0.2, 0.25) is 0 Å². The third kappa shape index (κ3) is 4.18. The van der Waals surface area contributed by atoms with E-state index in [0.29, 0.717) is 6.54 Å². The van der Waals surface area contributed by atoms with Gasteiger partial charge in [0.25, 0.3) is 0 Å². The second-order valence-electron chi connectivity index (χ2n) is 4.86. The number of hydrogen-bond donors (Lipinski definition) is 3. The highest BCUT2D eigenvalue weighted by molar-refractivity contribution is 7.45. The molecular formula is C13H20N3O2P. The Labute approximate surface area is 115 Å². The maximum atomic E-state index is 11.5. The summed E-state index contributed by atoms with van der Waals surface area (Å²) in [7, 11) is 1.83. The van der Waals surface area contributed by atoms with Crippen molar-refractivity contribution in [1.82, 2.24) is 0 Å². The van der Waals surface area contributed by atoms with Crippen molar-refractivity contribution in [2.45, 2.75) is 31.5 Å². The molecule has 0 saturated heterocycles. The Bertz CT molecular complexity index is 489. The van der Waals surface area contributed by atoms with E-state index < -0.39 is 22.9 Å². The first-order chi connectivity index (χ1) is 8.77. The van der Waals surface area contributed by atoms with Gasteiger partial charge in [-0.25, -0.2) is 0 Å². The molecule has 0 aliphatic heterocycles. The molecule has 1 rings (SSSR count). The highest BCUT2D eigenvalue weighted by Crippen LogP contribution is 2.24. The number of rotatable bonds is 6. The normalized spacial score (nSPS) is 15.6. The molecule has 0 saturated carbocycles. The predicted molar refractivity (Wildman–Crippen MR) is 78.2 cm³/mol. The first-order valence-electron chi connectivity index (χ1n) is 5.95. The van der Waals surface area contributed by atoms with Crippen LogP contribution in [-0.4, -0.2) is 17.3 Å². The lowest BCUT2D eigenvalue weighted by Gasteiger charge is -2.28. The fourth-order valence-corrected chi connectivity index (χ4v) is 2.12. The second kappa shape index (κ2) is 6.35. The van der Waals surface area contributed by atoms with E-state index >= 15 is 0 Å². The third-order valence-corrected chi connectivity index (χ3v) is 3.33. The van der Waals surface area contributed by atoms with E-state index in [2.05, 4.69) is 0 Å². The van der Waals surface area contributed by atoms with Crippen molar-refractivity contribution in [1.29, 1.82) is 0 Å². The summed E-state index contributed by atoms with van der Waals surface area (Å²) in [5, 5.41) is 0. The van der Waals surface area contributed by atoms with Crippen molar-refractivity contribution >= 4 is 20.5 Å². The van der Waals surface area contributed by atoms with E-state index in [-0.39, 0.29) is 6.42 Å². The van der Waals surface area contributed by atoms with Gasteiger partial charge in [0, 0.05) is 12.1 Å². The van der Waals surface area contributed by atoms with Gasteiger partial charge in [0.2, 0.25) is 11.3 Å². The molecule has 0 amide bonds. The molecule has 0 bridgehead atoms. The van der Waals surface area contributed by atoms with Gasteiger partial charge in [-0.3, -0.25) is 9.59 Å². The van der Waals surface area contributed by atoms with Crippen LogP contribution in [0.3, 0.4) is 0 Å². The molecule has 6 N–H and O–H groups in total. The van der Waals surface area contributed by atoms with E-state index in [1.807, 2.05) is 33.5 Å². The van der Waals surface area contributed by atoms with E-state index in [9.17, 15) is 9.59 Å². The molecule has 0 aromatic heterocycles. The maximum absolute atomic E-state index is 11.5. The molecule has 104 valence electrons. The lowest BCUT2D eigenvalue weighted by molar-refractivity contribution is -0.132. The molecule has 5 nitrogen and oxygen atoms in total. The van der Waals surface area contributed by atoms with Gasteiger partial charge in [-0.1, -0.05) is 33.5 Å². The average molecular weight is 281 g/mol. The van der Waals surface area contributed by atoms with Gasteiger partial charge >= 0.3 is 0 Å². The van der Waals surface area contributed by atoms with Crippen LogP contribution >= 0.6 is 9.24 Å². The number of ketones is 1. The van der Waals surface area contributed by atoms with Crippen LogP contribution in [0.1, 0.15) is 24.5 Å². The molecular weight excluding hydrogens is 261 g/mol. The van der Waals surface area contributed by atoms with E-state index in [1.54, 1.807) is 6.92 Å². The lowest BCUT2D eigenvalue weighted by Crippen LogP contribution is -2.44. The molecule has 2 unspecified atom stereocenters. The highest BCUT2D eigenvalue weighted by atomic mass is 31.0. The van der Waals surface area contributed by atoms with Crippen molar-refractivity contribution in [2.75, 3.05) is 0 Å². The largest absolute Gasteiger partial charge is 0.326 e. The van der Waals surface area contributed by atoms with Crippen molar-refractivity contribution in [2.24, 2.45) is 17.2 Å². The Morgan fingerprint density at radius 3 is 2.58 bits per heavy atom. The van der Waals surface area contributed by atoms with Gasteiger partial charge in [0.15, 0.2) is 0 Å². The fourth-order valence-electron chi connectivity index (χ4n) is 1.90. The third-order valence-electron chi connectivity index (χ3n) is 3.05. The van der Waals surface area contributed by atoms with Gasteiger partial charge in [-0.15, -0.1) is 0 Å². The Hall–Kier alpha value is -1.13. The smallest absolute Gasteiger partial charge is 0.218 e. The van der Waals surface area contributed by atoms with Gasteiger partial charge in [0.05, 0.1) is 6.04 Å².